The smallest absolute Gasteiger partial charge is 0.251 e. The summed E-state index contributed by atoms with van der Waals surface area (Å²) in [6.07, 6.45) is 3.60. The van der Waals surface area contributed by atoms with E-state index in [1.807, 2.05) is 12.1 Å². The first-order valence-electron chi connectivity index (χ1n) is 6.91. The molecule has 1 aliphatic heterocycles. The van der Waals surface area contributed by atoms with Crippen molar-refractivity contribution < 1.29 is 4.79 Å². The van der Waals surface area contributed by atoms with E-state index >= 15 is 0 Å². The summed E-state index contributed by atoms with van der Waals surface area (Å²) >= 11 is 0. The molecule has 1 aliphatic carbocycles. The Morgan fingerprint density at radius 2 is 2.22 bits per heavy atom. The summed E-state index contributed by atoms with van der Waals surface area (Å²) in [6.45, 7) is 4.02. The lowest BCUT2D eigenvalue weighted by molar-refractivity contribution is 0.0948. The number of hydrogen-bond donors (Lipinski definition) is 2. The van der Waals surface area contributed by atoms with Gasteiger partial charge in [0.2, 0.25) is 0 Å². The Bertz CT molecular complexity index is 470. The van der Waals surface area contributed by atoms with Gasteiger partial charge in [0.15, 0.2) is 0 Å². The maximum atomic E-state index is 12.1. The fourth-order valence-corrected chi connectivity index (χ4v) is 2.80. The third kappa shape index (κ3) is 2.27. The Kier molecular flexibility index (Phi) is 3.08. The lowest BCUT2D eigenvalue weighted by Gasteiger charge is -2.06. The fraction of sp³-hybridized carbons (Fsp3) is 0.533. The zero-order valence-electron chi connectivity index (χ0n) is 10.8. The molecule has 1 fully saturated rings. The highest BCUT2D eigenvalue weighted by molar-refractivity contribution is 5.94. The molecular formula is C15H20N2O. The number of fused-ring (bicyclic) bond motifs is 1. The van der Waals surface area contributed by atoms with Crippen LogP contribution in [-0.2, 0) is 13.1 Å². The SMILES string of the molecule is CCCC1CC1NC(=O)c1ccc2c(c1)CNC2. The van der Waals surface area contributed by atoms with Gasteiger partial charge in [-0.25, -0.2) is 0 Å². The van der Waals surface area contributed by atoms with Crippen LogP contribution >= 0.6 is 0 Å². The summed E-state index contributed by atoms with van der Waals surface area (Å²) in [6, 6.07) is 6.46. The van der Waals surface area contributed by atoms with Gasteiger partial charge in [-0.05, 0) is 42.0 Å². The van der Waals surface area contributed by atoms with E-state index in [0.29, 0.717) is 6.04 Å². The van der Waals surface area contributed by atoms with Gasteiger partial charge in [0.25, 0.3) is 5.91 Å². The molecule has 1 aromatic rings. The lowest BCUT2D eigenvalue weighted by Crippen LogP contribution is -2.26. The van der Waals surface area contributed by atoms with Crippen LogP contribution in [0, 0.1) is 5.92 Å². The molecular weight excluding hydrogens is 224 g/mol. The molecule has 2 unspecified atom stereocenters. The van der Waals surface area contributed by atoms with Crippen LogP contribution in [0.25, 0.3) is 0 Å². The minimum absolute atomic E-state index is 0.0910. The first kappa shape index (κ1) is 11.7. The molecule has 1 saturated carbocycles. The summed E-state index contributed by atoms with van der Waals surface area (Å²) in [5.74, 6) is 0.809. The Morgan fingerprint density at radius 3 is 3.06 bits per heavy atom. The van der Waals surface area contributed by atoms with E-state index < -0.39 is 0 Å². The molecule has 3 nitrogen and oxygen atoms in total. The average Bonchev–Trinajstić information content (AvgIpc) is 2.92. The van der Waals surface area contributed by atoms with E-state index in [-0.39, 0.29) is 5.91 Å². The first-order chi connectivity index (χ1) is 8.78. The van der Waals surface area contributed by atoms with Crippen molar-refractivity contribution in [2.75, 3.05) is 0 Å². The van der Waals surface area contributed by atoms with Gasteiger partial charge >= 0.3 is 0 Å². The molecule has 2 atom stereocenters. The number of nitrogens with one attached hydrogen (secondary N) is 2. The highest BCUT2D eigenvalue weighted by Gasteiger charge is 2.37. The Balaban J connectivity index is 1.63. The molecule has 3 heteroatoms. The van der Waals surface area contributed by atoms with Gasteiger partial charge in [0.05, 0.1) is 0 Å². The largest absolute Gasteiger partial charge is 0.349 e. The predicted molar refractivity (Wildman–Crippen MR) is 71.3 cm³/mol. The topological polar surface area (TPSA) is 41.1 Å². The summed E-state index contributed by atoms with van der Waals surface area (Å²) in [4.78, 5) is 12.1. The van der Waals surface area contributed by atoms with Crippen molar-refractivity contribution in [2.45, 2.75) is 45.3 Å². The fourth-order valence-electron chi connectivity index (χ4n) is 2.80. The Labute approximate surface area is 108 Å². The van der Waals surface area contributed by atoms with E-state index in [0.717, 1.165) is 31.0 Å². The van der Waals surface area contributed by atoms with Crippen LogP contribution in [0.15, 0.2) is 18.2 Å². The number of benzene rings is 1. The van der Waals surface area contributed by atoms with Crippen molar-refractivity contribution in [3.05, 3.63) is 34.9 Å². The number of carbonyl (C=O) groups is 1. The molecule has 0 spiro atoms. The standard InChI is InChI=1S/C15H20N2O/c1-2-3-10-7-14(10)17-15(18)11-4-5-12-8-16-9-13(12)6-11/h4-6,10,14,16H,2-3,7-9H2,1H3,(H,17,18). The quantitative estimate of drug-likeness (QED) is 0.852. The van der Waals surface area contributed by atoms with Crippen LogP contribution in [0.5, 0.6) is 0 Å². The molecule has 2 aliphatic rings. The van der Waals surface area contributed by atoms with E-state index in [1.54, 1.807) is 0 Å². The summed E-state index contributed by atoms with van der Waals surface area (Å²) in [7, 11) is 0. The molecule has 0 saturated heterocycles. The third-order valence-corrected chi connectivity index (χ3v) is 4.00. The van der Waals surface area contributed by atoms with Crippen LogP contribution in [0.1, 0.15) is 47.7 Å². The lowest BCUT2D eigenvalue weighted by atomic mass is 10.1. The number of amides is 1. The van der Waals surface area contributed by atoms with Crippen LogP contribution < -0.4 is 10.6 Å². The Morgan fingerprint density at radius 1 is 1.39 bits per heavy atom. The maximum absolute atomic E-state index is 12.1. The first-order valence-corrected chi connectivity index (χ1v) is 6.91. The van der Waals surface area contributed by atoms with Gasteiger partial charge in [-0.2, -0.15) is 0 Å². The highest BCUT2D eigenvalue weighted by Crippen LogP contribution is 2.34. The Hall–Kier alpha value is -1.35. The van der Waals surface area contributed by atoms with E-state index in [9.17, 15) is 4.79 Å². The molecule has 96 valence electrons. The molecule has 2 N–H and O–H groups in total. The number of hydrogen-bond acceptors (Lipinski definition) is 2. The van der Waals surface area contributed by atoms with Crippen LogP contribution in [0.4, 0.5) is 0 Å². The van der Waals surface area contributed by atoms with Crippen molar-refractivity contribution >= 4 is 5.91 Å². The normalized spacial score (nSPS) is 24.7. The second-order valence-electron chi connectivity index (χ2n) is 5.45. The summed E-state index contributed by atoms with van der Waals surface area (Å²) in [5, 5.41) is 6.44. The van der Waals surface area contributed by atoms with Gasteiger partial charge in [0.1, 0.15) is 0 Å². The molecule has 3 rings (SSSR count). The third-order valence-electron chi connectivity index (χ3n) is 4.00. The zero-order chi connectivity index (χ0) is 12.5. The van der Waals surface area contributed by atoms with E-state index in [4.69, 9.17) is 0 Å². The van der Waals surface area contributed by atoms with Crippen molar-refractivity contribution in [1.29, 1.82) is 0 Å². The molecule has 1 amide bonds. The molecule has 1 aromatic carbocycles. The maximum Gasteiger partial charge on any atom is 0.251 e. The van der Waals surface area contributed by atoms with Gasteiger partial charge in [-0.15, -0.1) is 0 Å². The van der Waals surface area contributed by atoms with E-state index in [2.05, 4.69) is 23.6 Å². The zero-order valence-corrected chi connectivity index (χ0v) is 10.8. The van der Waals surface area contributed by atoms with Crippen molar-refractivity contribution in [2.24, 2.45) is 5.92 Å². The van der Waals surface area contributed by atoms with Gasteiger partial charge in [-0.3, -0.25) is 4.79 Å². The van der Waals surface area contributed by atoms with Crippen molar-refractivity contribution in [1.82, 2.24) is 10.6 Å². The van der Waals surface area contributed by atoms with Gasteiger partial charge in [0, 0.05) is 24.7 Å². The van der Waals surface area contributed by atoms with Crippen LogP contribution in [-0.4, -0.2) is 11.9 Å². The second kappa shape index (κ2) is 4.73. The van der Waals surface area contributed by atoms with E-state index in [1.165, 1.54) is 24.0 Å². The summed E-state index contributed by atoms with van der Waals surface area (Å²) in [5.41, 5.74) is 3.39. The number of carbonyl (C=O) groups excluding carboxylic acids is 1. The average molecular weight is 244 g/mol. The number of rotatable bonds is 4. The molecule has 18 heavy (non-hydrogen) atoms. The van der Waals surface area contributed by atoms with Gasteiger partial charge in [-0.1, -0.05) is 19.4 Å². The summed E-state index contributed by atoms with van der Waals surface area (Å²) < 4.78 is 0. The minimum Gasteiger partial charge on any atom is -0.349 e. The monoisotopic (exact) mass is 244 g/mol. The molecule has 0 bridgehead atoms. The second-order valence-corrected chi connectivity index (χ2v) is 5.45. The molecule has 0 aromatic heterocycles. The van der Waals surface area contributed by atoms with Crippen LogP contribution in [0.3, 0.4) is 0 Å². The predicted octanol–water partition coefficient (Wildman–Crippen LogP) is 2.21. The molecule has 1 heterocycles. The molecule has 0 radical (unpaired) electrons. The van der Waals surface area contributed by atoms with Crippen LogP contribution in [0.2, 0.25) is 0 Å². The van der Waals surface area contributed by atoms with Crippen molar-refractivity contribution in [3.63, 3.8) is 0 Å². The van der Waals surface area contributed by atoms with Crippen molar-refractivity contribution in [3.8, 4) is 0 Å². The minimum atomic E-state index is 0.0910. The van der Waals surface area contributed by atoms with Gasteiger partial charge < -0.3 is 10.6 Å². The highest BCUT2D eigenvalue weighted by atomic mass is 16.1.